The van der Waals surface area contributed by atoms with Crippen molar-refractivity contribution in [2.75, 3.05) is 12.4 Å². The predicted octanol–water partition coefficient (Wildman–Crippen LogP) is 3.45. The van der Waals surface area contributed by atoms with Gasteiger partial charge in [-0.15, -0.1) is 0 Å². The lowest BCUT2D eigenvalue weighted by molar-refractivity contribution is 0.213. The van der Waals surface area contributed by atoms with Crippen molar-refractivity contribution in [2.45, 2.75) is 19.9 Å². The van der Waals surface area contributed by atoms with Gasteiger partial charge in [-0.2, -0.15) is 0 Å². The number of rotatable bonds is 5. The van der Waals surface area contributed by atoms with Gasteiger partial charge in [0.1, 0.15) is 12.8 Å². The van der Waals surface area contributed by atoms with Crippen LogP contribution in [0.4, 0.5) is 5.69 Å². The third-order valence-electron chi connectivity index (χ3n) is 2.34. The topological polar surface area (TPSA) is 33.6 Å². The van der Waals surface area contributed by atoms with Crippen LogP contribution < -0.4 is 5.32 Å². The molecule has 0 saturated carbocycles. The number of aryl methyl sites for hydroxylation is 1. The molecular weight excluding hydrogens is 256 g/mol. The molecule has 1 N–H and O–H groups in total. The fraction of sp³-hybridized carbons (Fsp3) is 0.333. The van der Waals surface area contributed by atoms with Crippen molar-refractivity contribution in [3.63, 3.8) is 0 Å². The molecule has 0 saturated heterocycles. The van der Waals surface area contributed by atoms with Crippen LogP contribution in [0.15, 0.2) is 23.4 Å². The second kappa shape index (κ2) is 6.57. The molecule has 92 valence electrons. The van der Waals surface area contributed by atoms with E-state index in [1.807, 2.05) is 32.0 Å². The smallest absolute Gasteiger partial charge is 0.112 e. The summed E-state index contributed by atoms with van der Waals surface area (Å²) >= 11 is 11.0. The monoisotopic (exact) mass is 270 g/mol. The Morgan fingerprint density at radius 2 is 2.29 bits per heavy atom. The minimum atomic E-state index is -0.0638. The summed E-state index contributed by atoms with van der Waals surface area (Å²) in [5.41, 5.74) is 2.62. The summed E-state index contributed by atoms with van der Waals surface area (Å²) in [6.07, 6.45) is 0. The zero-order chi connectivity index (χ0) is 12.8. The summed E-state index contributed by atoms with van der Waals surface area (Å²) in [7, 11) is 1.49. The van der Waals surface area contributed by atoms with E-state index >= 15 is 0 Å². The van der Waals surface area contributed by atoms with E-state index in [2.05, 4.69) is 10.5 Å². The molecule has 0 fully saturated rings. The van der Waals surface area contributed by atoms with Crippen molar-refractivity contribution in [3.05, 3.63) is 28.8 Å². The fourth-order valence-corrected chi connectivity index (χ4v) is 1.94. The largest absolute Gasteiger partial charge is 0.399 e. The van der Waals surface area contributed by atoms with Crippen LogP contribution in [0.2, 0.25) is 5.02 Å². The molecule has 1 rings (SSSR count). The lowest BCUT2D eigenvalue weighted by Crippen LogP contribution is -2.27. The molecule has 0 radical (unpaired) electrons. The third-order valence-corrected chi connectivity index (χ3v) is 2.90. The zero-order valence-electron chi connectivity index (χ0n) is 10.0. The summed E-state index contributed by atoms with van der Waals surface area (Å²) < 4.78 is 0. The number of hydrogen-bond acceptors (Lipinski definition) is 4. The van der Waals surface area contributed by atoms with Gasteiger partial charge >= 0.3 is 0 Å². The number of hydrogen-bond donors (Lipinski definition) is 1. The average Bonchev–Trinajstić information content (AvgIpc) is 2.30. The SMILES string of the molecule is CON=C(C=S)C(C)Nc1c(C)cccc1Cl. The highest BCUT2D eigenvalue weighted by atomic mass is 35.5. The maximum Gasteiger partial charge on any atom is 0.112 e. The molecule has 17 heavy (non-hydrogen) atoms. The molecule has 0 aliphatic heterocycles. The maximum atomic E-state index is 6.13. The molecule has 1 aromatic carbocycles. The van der Waals surface area contributed by atoms with Gasteiger partial charge in [0.25, 0.3) is 0 Å². The van der Waals surface area contributed by atoms with E-state index in [-0.39, 0.29) is 6.04 Å². The Morgan fingerprint density at radius 1 is 1.59 bits per heavy atom. The van der Waals surface area contributed by atoms with Gasteiger partial charge in [0, 0.05) is 5.37 Å². The summed E-state index contributed by atoms with van der Waals surface area (Å²) in [6.45, 7) is 3.94. The second-order valence-electron chi connectivity index (χ2n) is 3.61. The number of anilines is 1. The number of nitrogens with one attached hydrogen (secondary N) is 1. The minimum Gasteiger partial charge on any atom is -0.399 e. The van der Waals surface area contributed by atoms with Gasteiger partial charge in [-0.1, -0.05) is 41.1 Å². The summed E-state index contributed by atoms with van der Waals surface area (Å²) in [4.78, 5) is 4.73. The molecule has 5 heteroatoms. The highest BCUT2D eigenvalue weighted by Crippen LogP contribution is 2.25. The molecule has 0 spiro atoms. The van der Waals surface area contributed by atoms with Gasteiger partial charge in [0.05, 0.1) is 16.8 Å². The number of nitrogens with zero attached hydrogens (tertiary/aromatic N) is 1. The fourth-order valence-electron chi connectivity index (χ4n) is 1.41. The second-order valence-corrected chi connectivity index (χ2v) is 4.26. The van der Waals surface area contributed by atoms with Crippen molar-refractivity contribution in [3.8, 4) is 0 Å². The average molecular weight is 271 g/mol. The number of benzene rings is 1. The molecule has 3 nitrogen and oxygen atoms in total. The van der Waals surface area contributed by atoms with Crippen molar-refractivity contribution >= 4 is 40.6 Å². The van der Waals surface area contributed by atoms with Gasteiger partial charge in [-0.25, -0.2) is 0 Å². The molecule has 0 aromatic heterocycles. The molecule has 0 bridgehead atoms. The number of halogens is 1. The number of oxime groups is 1. The van der Waals surface area contributed by atoms with E-state index in [4.69, 9.17) is 28.7 Å². The lowest BCUT2D eigenvalue weighted by atomic mass is 10.1. The van der Waals surface area contributed by atoms with E-state index in [0.29, 0.717) is 10.7 Å². The van der Waals surface area contributed by atoms with Crippen LogP contribution in [-0.2, 0) is 4.84 Å². The molecule has 0 amide bonds. The molecule has 0 aliphatic rings. The van der Waals surface area contributed by atoms with Gasteiger partial charge in [0.2, 0.25) is 0 Å². The van der Waals surface area contributed by atoms with Crippen LogP contribution >= 0.6 is 23.8 Å². The zero-order valence-corrected chi connectivity index (χ0v) is 11.6. The highest BCUT2D eigenvalue weighted by Gasteiger charge is 2.12. The van der Waals surface area contributed by atoms with Crippen molar-refractivity contribution in [1.29, 1.82) is 0 Å². The minimum absolute atomic E-state index is 0.0638. The summed E-state index contributed by atoms with van der Waals surface area (Å²) in [6, 6.07) is 5.68. The van der Waals surface area contributed by atoms with Crippen LogP contribution in [0.25, 0.3) is 0 Å². The Bertz CT molecular complexity index is 414. The van der Waals surface area contributed by atoms with E-state index in [9.17, 15) is 0 Å². The van der Waals surface area contributed by atoms with Gasteiger partial charge < -0.3 is 10.2 Å². The first-order chi connectivity index (χ1) is 8.10. The van der Waals surface area contributed by atoms with Crippen LogP contribution in [-0.4, -0.2) is 24.2 Å². The van der Waals surface area contributed by atoms with Crippen molar-refractivity contribution in [2.24, 2.45) is 5.16 Å². The Balaban J connectivity index is 2.91. The Morgan fingerprint density at radius 3 is 2.82 bits per heavy atom. The van der Waals surface area contributed by atoms with Gasteiger partial charge in [0.15, 0.2) is 0 Å². The Kier molecular flexibility index (Phi) is 5.38. The van der Waals surface area contributed by atoms with Crippen LogP contribution in [0.1, 0.15) is 12.5 Å². The van der Waals surface area contributed by atoms with E-state index in [1.54, 1.807) is 0 Å². The summed E-state index contributed by atoms with van der Waals surface area (Å²) in [5.74, 6) is 0. The number of thiocarbonyl (C=S) groups is 1. The quantitative estimate of drug-likeness (QED) is 0.505. The van der Waals surface area contributed by atoms with Crippen molar-refractivity contribution in [1.82, 2.24) is 0 Å². The van der Waals surface area contributed by atoms with Crippen LogP contribution in [0, 0.1) is 6.92 Å². The molecule has 0 heterocycles. The van der Waals surface area contributed by atoms with Gasteiger partial charge in [-0.3, -0.25) is 0 Å². The Hall–Kier alpha value is -1.13. The molecular formula is C12H15ClN2OS. The molecule has 0 aliphatic carbocycles. The van der Waals surface area contributed by atoms with E-state index in [1.165, 1.54) is 12.5 Å². The molecule has 1 aromatic rings. The first-order valence-corrected chi connectivity index (χ1v) is 6.03. The first-order valence-electron chi connectivity index (χ1n) is 5.18. The normalized spacial score (nSPS) is 13.1. The Labute approximate surface area is 112 Å². The molecule has 1 atom stereocenters. The standard InChI is InChI=1S/C12H15ClN2OS/c1-8-5-4-6-10(13)12(8)14-9(2)11(7-17)15-16-3/h4-7,9,14H,1-3H3. The van der Waals surface area contributed by atoms with Crippen molar-refractivity contribution < 1.29 is 4.84 Å². The summed E-state index contributed by atoms with van der Waals surface area (Å²) in [5, 5.41) is 9.30. The van der Waals surface area contributed by atoms with Gasteiger partial charge in [-0.05, 0) is 25.5 Å². The molecule has 1 unspecified atom stereocenters. The maximum absolute atomic E-state index is 6.13. The first kappa shape index (κ1) is 13.9. The van der Waals surface area contributed by atoms with Crippen LogP contribution in [0.5, 0.6) is 0 Å². The van der Waals surface area contributed by atoms with E-state index < -0.39 is 0 Å². The predicted molar refractivity (Wildman–Crippen MR) is 77.4 cm³/mol. The number of para-hydroxylation sites is 1. The highest BCUT2D eigenvalue weighted by molar-refractivity contribution is 7.80. The van der Waals surface area contributed by atoms with E-state index in [0.717, 1.165) is 11.3 Å². The lowest BCUT2D eigenvalue weighted by Gasteiger charge is -2.17. The van der Waals surface area contributed by atoms with Crippen LogP contribution in [0.3, 0.4) is 0 Å². The third kappa shape index (κ3) is 3.68.